The summed E-state index contributed by atoms with van der Waals surface area (Å²) in [5, 5.41) is 3.93. The Morgan fingerprint density at radius 2 is 1.67 bits per heavy atom. The molecule has 0 aliphatic carbocycles. The van der Waals surface area contributed by atoms with Gasteiger partial charge in [0.2, 0.25) is 0 Å². The third kappa shape index (κ3) is 4.22. The molecule has 0 radical (unpaired) electrons. The second-order valence-electron chi connectivity index (χ2n) is 4.55. The predicted octanol–water partition coefficient (Wildman–Crippen LogP) is 2.39. The largest absolute Gasteiger partial charge is 0.389 e. The molecule has 0 heterocycles. The van der Waals surface area contributed by atoms with Crippen LogP contribution in [0.3, 0.4) is 0 Å². The van der Waals surface area contributed by atoms with E-state index in [2.05, 4.69) is 10.5 Å². The van der Waals surface area contributed by atoms with E-state index in [0.29, 0.717) is 10.6 Å². The van der Waals surface area contributed by atoms with Gasteiger partial charge in [0, 0.05) is 11.1 Å². The molecule has 2 aromatic carbocycles. The lowest BCUT2D eigenvalue weighted by atomic mass is 10.1. The molecule has 3 N–H and O–H groups in total. The summed E-state index contributed by atoms with van der Waals surface area (Å²) in [6.07, 6.45) is 1.56. The molecule has 0 spiro atoms. The van der Waals surface area contributed by atoms with Crippen LogP contribution < -0.4 is 11.2 Å². The highest BCUT2D eigenvalue weighted by Gasteiger charge is 2.02. The van der Waals surface area contributed by atoms with E-state index in [1.807, 2.05) is 43.3 Å². The van der Waals surface area contributed by atoms with E-state index >= 15 is 0 Å². The van der Waals surface area contributed by atoms with Crippen molar-refractivity contribution in [1.29, 1.82) is 0 Å². The summed E-state index contributed by atoms with van der Waals surface area (Å²) in [6, 6.07) is 14.6. The lowest BCUT2D eigenvalue weighted by Crippen LogP contribution is -2.17. The van der Waals surface area contributed by atoms with Crippen molar-refractivity contribution in [2.24, 2.45) is 10.8 Å². The second-order valence-corrected chi connectivity index (χ2v) is 4.99. The first-order valence-corrected chi connectivity index (χ1v) is 6.77. The van der Waals surface area contributed by atoms with Gasteiger partial charge in [-0.2, -0.15) is 5.10 Å². The van der Waals surface area contributed by atoms with E-state index < -0.39 is 0 Å². The minimum Gasteiger partial charge on any atom is -0.389 e. The van der Waals surface area contributed by atoms with Gasteiger partial charge in [-0.15, -0.1) is 0 Å². The van der Waals surface area contributed by atoms with Gasteiger partial charge in [0.1, 0.15) is 4.99 Å². The van der Waals surface area contributed by atoms with Gasteiger partial charge in [-0.05, 0) is 24.6 Å². The number of nitrogens with one attached hydrogen (secondary N) is 1. The molecule has 0 fully saturated rings. The summed E-state index contributed by atoms with van der Waals surface area (Å²) < 4.78 is 0. The molecule has 4 nitrogen and oxygen atoms in total. The van der Waals surface area contributed by atoms with Crippen molar-refractivity contribution < 1.29 is 4.79 Å². The molecular weight excluding hydrogens is 282 g/mol. The van der Waals surface area contributed by atoms with Crippen molar-refractivity contribution in [3.05, 3.63) is 70.8 Å². The number of benzene rings is 2. The van der Waals surface area contributed by atoms with Gasteiger partial charge in [0.25, 0.3) is 5.91 Å². The van der Waals surface area contributed by atoms with Gasteiger partial charge < -0.3 is 5.73 Å². The molecule has 106 valence electrons. The Kier molecular flexibility index (Phi) is 4.79. The zero-order valence-electron chi connectivity index (χ0n) is 11.5. The number of amides is 1. The Morgan fingerprint density at radius 3 is 2.24 bits per heavy atom. The van der Waals surface area contributed by atoms with Crippen LogP contribution >= 0.6 is 12.2 Å². The van der Waals surface area contributed by atoms with Crippen LogP contribution in [0.5, 0.6) is 0 Å². The van der Waals surface area contributed by atoms with E-state index in [-0.39, 0.29) is 5.91 Å². The van der Waals surface area contributed by atoms with Crippen LogP contribution in [0.25, 0.3) is 0 Å². The van der Waals surface area contributed by atoms with E-state index in [4.69, 9.17) is 18.0 Å². The Labute approximate surface area is 128 Å². The molecule has 21 heavy (non-hydrogen) atoms. The molecule has 0 aliphatic heterocycles. The van der Waals surface area contributed by atoms with Gasteiger partial charge in [-0.3, -0.25) is 4.79 Å². The van der Waals surface area contributed by atoms with E-state index in [9.17, 15) is 4.79 Å². The SMILES string of the molecule is Cc1ccc(C(=O)NN=Cc2ccc(C(N)=S)cc2)cc1. The Bertz CT molecular complexity index is 676. The van der Waals surface area contributed by atoms with Crippen molar-refractivity contribution >= 4 is 29.3 Å². The zero-order valence-corrected chi connectivity index (χ0v) is 12.4. The molecule has 1 amide bonds. The molecular formula is C16H15N3OS. The summed E-state index contributed by atoms with van der Waals surface area (Å²) in [4.78, 5) is 12.2. The maximum Gasteiger partial charge on any atom is 0.271 e. The number of rotatable bonds is 4. The van der Waals surface area contributed by atoms with Gasteiger partial charge >= 0.3 is 0 Å². The molecule has 2 aromatic rings. The number of aryl methyl sites for hydroxylation is 1. The second kappa shape index (κ2) is 6.76. The summed E-state index contributed by atoms with van der Waals surface area (Å²) in [5.41, 5.74) is 11.3. The first-order chi connectivity index (χ1) is 10.1. The van der Waals surface area contributed by atoms with Gasteiger partial charge in [0.05, 0.1) is 6.21 Å². The topological polar surface area (TPSA) is 67.5 Å². The van der Waals surface area contributed by atoms with Crippen molar-refractivity contribution in [2.45, 2.75) is 6.92 Å². The van der Waals surface area contributed by atoms with Gasteiger partial charge in [-0.1, -0.05) is 54.2 Å². The van der Waals surface area contributed by atoms with E-state index in [0.717, 1.165) is 16.7 Å². The van der Waals surface area contributed by atoms with E-state index in [1.165, 1.54) is 0 Å². The molecule has 0 saturated carbocycles. The number of thiocarbonyl (C=S) groups is 1. The van der Waals surface area contributed by atoms with Gasteiger partial charge in [-0.25, -0.2) is 5.43 Å². The fourth-order valence-electron chi connectivity index (χ4n) is 1.67. The number of carbonyl (C=O) groups is 1. The third-order valence-electron chi connectivity index (χ3n) is 2.89. The molecule has 2 rings (SSSR count). The molecule has 5 heteroatoms. The smallest absolute Gasteiger partial charge is 0.271 e. The standard InChI is InChI=1S/C16H15N3OS/c1-11-2-6-14(7-3-11)16(20)19-18-10-12-4-8-13(9-5-12)15(17)21/h2-10H,1H3,(H2,17,21)(H,19,20). The monoisotopic (exact) mass is 297 g/mol. The van der Waals surface area contributed by atoms with Crippen LogP contribution in [0.1, 0.15) is 27.0 Å². The van der Waals surface area contributed by atoms with Crippen LogP contribution in [-0.4, -0.2) is 17.1 Å². The van der Waals surface area contributed by atoms with Crippen LogP contribution in [0, 0.1) is 6.92 Å². The Morgan fingerprint density at radius 1 is 1.10 bits per heavy atom. The first kappa shape index (κ1) is 14.9. The number of carbonyl (C=O) groups excluding carboxylic acids is 1. The van der Waals surface area contributed by atoms with Crippen LogP contribution in [-0.2, 0) is 0 Å². The number of nitrogens with zero attached hydrogens (tertiary/aromatic N) is 1. The lowest BCUT2D eigenvalue weighted by molar-refractivity contribution is 0.0955. The number of hydrogen-bond donors (Lipinski definition) is 2. The van der Waals surface area contributed by atoms with Crippen LogP contribution in [0.15, 0.2) is 53.6 Å². The Hall–Kier alpha value is -2.53. The van der Waals surface area contributed by atoms with Gasteiger partial charge in [0.15, 0.2) is 0 Å². The number of hydrogen-bond acceptors (Lipinski definition) is 3. The highest BCUT2D eigenvalue weighted by Crippen LogP contribution is 2.04. The Balaban J connectivity index is 1.97. The van der Waals surface area contributed by atoms with Crippen LogP contribution in [0.4, 0.5) is 0 Å². The maximum absolute atomic E-state index is 11.8. The summed E-state index contributed by atoms with van der Waals surface area (Å²) >= 11 is 4.88. The molecule has 0 saturated heterocycles. The summed E-state index contributed by atoms with van der Waals surface area (Å²) in [6.45, 7) is 1.97. The average Bonchev–Trinajstić information content (AvgIpc) is 2.48. The maximum atomic E-state index is 11.8. The summed E-state index contributed by atoms with van der Waals surface area (Å²) in [7, 11) is 0. The normalized spacial score (nSPS) is 10.5. The van der Waals surface area contributed by atoms with Crippen molar-refractivity contribution in [1.82, 2.24) is 5.43 Å². The first-order valence-electron chi connectivity index (χ1n) is 6.36. The minimum atomic E-state index is -0.244. The van der Waals surface area contributed by atoms with Crippen molar-refractivity contribution in [3.8, 4) is 0 Å². The molecule has 0 atom stereocenters. The highest BCUT2D eigenvalue weighted by atomic mass is 32.1. The zero-order chi connectivity index (χ0) is 15.2. The van der Waals surface area contributed by atoms with Crippen molar-refractivity contribution in [3.63, 3.8) is 0 Å². The molecule has 0 unspecified atom stereocenters. The summed E-state index contributed by atoms with van der Waals surface area (Å²) in [5.74, 6) is -0.244. The predicted molar refractivity (Wildman–Crippen MR) is 88.6 cm³/mol. The fraction of sp³-hybridized carbons (Fsp3) is 0.0625. The molecule has 0 bridgehead atoms. The number of hydrazone groups is 1. The highest BCUT2D eigenvalue weighted by molar-refractivity contribution is 7.80. The third-order valence-corrected chi connectivity index (χ3v) is 3.12. The number of nitrogens with two attached hydrogens (primary N) is 1. The van der Waals surface area contributed by atoms with Crippen molar-refractivity contribution in [2.75, 3.05) is 0 Å². The lowest BCUT2D eigenvalue weighted by Gasteiger charge is -2.01. The van der Waals surface area contributed by atoms with Crippen LogP contribution in [0.2, 0.25) is 0 Å². The van der Waals surface area contributed by atoms with E-state index in [1.54, 1.807) is 18.3 Å². The molecule has 0 aromatic heterocycles. The average molecular weight is 297 g/mol. The quantitative estimate of drug-likeness (QED) is 0.517. The molecule has 0 aliphatic rings. The fourth-order valence-corrected chi connectivity index (χ4v) is 1.80. The minimum absolute atomic E-state index is 0.244.